The number of aromatic nitrogens is 1. The molecular formula is C25H13ClF5N3O3. The molecule has 37 heavy (non-hydrogen) atoms. The molecule has 0 aliphatic carbocycles. The van der Waals surface area contributed by atoms with E-state index in [1.54, 1.807) is 0 Å². The van der Waals surface area contributed by atoms with Crippen molar-refractivity contribution < 1.29 is 31.5 Å². The van der Waals surface area contributed by atoms with Crippen molar-refractivity contribution in [3.63, 3.8) is 0 Å². The van der Waals surface area contributed by atoms with Crippen LogP contribution in [0.5, 0.6) is 0 Å². The SMILES string of the molecule is NC(=O)c1cc(C(F)(F)F)cc(F)c1-c1cc2ccc(=O)[nH]c2c2c1C(c1cc(F)ccc1Cl)NC2=O. The molecule has 2 amide bonds. The Morgan fingerprint density at radius 2 is 1.70 bits per heavy atom. The molecule has 4 aromatic rings. The standard InChI is InChI=1S/C25H13ClF5N3O3/c26-15-3-2-11(27)8-12(15)22-19-13(5-9-1-4-17(35)33-21(9)20(19)24(37)34-22)18-14(23(32)36)6-10(7-16(18)28)25(29,30)31/h1-8,22H,(H2,32,36)(H,33,35)(H,34,37). The molecule has 0 saturated heterocycles. The summed E-state index contributed by atoms with van der Waals surface area (Å²) in [5, 5.41) is 2.83. The number of hydrogen-bond acceptors (Lipinski definition) is 3. The predicted octanol–water partition coefficient (Wildman–Crippen LogP) is 5.08. The van der Waals surface area contributed by atoms with Gasteiger partial charge in [-0.15, -0.1) is 0 Å². The molecule has 1 aromatic heterocycles. The summed E-state index contributed by atoms with van der Waals surface area (Å²) in [5.74, 6) is -4.25. The molecule has 2 heterocycles. The number of alkyl halides is 3. The van der Waals surface area contributed by atoms with Crippen LogP contribution < -0.4 is 16.6 Å². The minimum absolute atomic E-state index is 0.0233. The third-order valence-corrected chi connectivity index (χ3v) is 6.42. The van der Waals surface area contributed by atoms with Gasteiger partial charge in [-0.3, -0.25) is 14.4 Å². The molecule has 5 rings (SSSR count). The maximum absolute atomic E-state index is 15.4. The lowest BCUT2D eigenvalue weighted by molar-refractivity contribution is -0.137. The second kappa shape index (κ2) is 8.41. The van der Waals surface area contributed by atoms with Crippen molar-refractivity contribution in [1.82, 2.24) is 10.3 Å². The van der Waals surface area contributed by atoms with E-state index >= 15 is 4.39 Å². The first-order valence-corrected chi connectivity index (χ1v) is 10.9. The highest BCUT2D eigenvalue weighted by molar-refractivity contribution is 6.31. The first-order valence-electron chi connectivity index (χ1n) is 10.5. The highest BCUT2D eigenvalue weighted by Gasteiger charge is 2.39. The van der Waals surface area contributed by atoms with E-state index in [0.717, 1.165) is 18.2 Å². The molecular weight excluding hydrogens is 521 g/mol. The molecule has 1 unspecified atom stereocenters. The Balaban J connectivity index is 1.94. The molecule has 0 saturated carbocycles. The number of halogens is 6. The number of primary amides is 1. The van der Waals surface area contributed by atoms with E-state index in [0.29, 0.717) is 6.07 Å². The number of nitrogens with two attached hydrogens (primary N) is 1. The molecule has 12 heteroatoms. The first kappa shape index (κ1) is 24.4. The van der Waals surface area contributed by atoms with Gasteiger partial charge in [-0.2, -0.15) is 13.2 Å². The van der Waals surface area contributed by atoms with Gasteiger partial charge in [0.05, 0.1) is 28.2 Å². The van der Waals surface area contributed by atoms with Crippen LogP contribution in [0.15, 0.2) is 53.3 Å². The quantitative estimate of drug-likeness (QED) is 0.320. The molecule has 3 aromatic carbocycles. The fourth-order valence-electron chi connectivity index (χ4n) is 4.54. The van der Waals surface area contributed by atoms with Gasteiger partial charge in [0.2, 0.25) is 11.5 Å². The smallest absolute Gasteiger partial charge is 0.366 e. The van der Waals surface area contributed by atoms with Gasteiger partial charge in [-0.05, 0) is 53.4 Å². The molecule has 0 spiro atoms. The van der Waals surface area contributed by atoms with E-state index in [2.05, 4.69) is 10.3 Å². The zero-order chi connectivity index (χ0) is 26.8. The third kappa shape index (κ3) is 4.01. The number of fused-ring (bicyclic) bond motifs is 3. The number of H-pyrrole nitrogens is 1. The molecule has 1 aliphatic heterocycles. The van der Waals surface area contributed by atoms with Crippen LogP contribution in [-0.4, -0.2) is 16.8 Å². The Morgan fingerprint density at radius 1 is 0.973 bits per heavy atom. The maximum atomic E-state index is 15.4. The molecule has 1 atom stereocenters. The van der Waals surface area contributed by atoms with Crippen LogP contribution in [0.2, 0.25) is 5.02 Å². The zero-order valence-corrected chi connectivity index (χ0v) is 19.0. The van der Waals surface area contributed by atoms with Crippen molar-refractivity contribution in [3.05, 3.63) is 103 Å². The largest absolute Gasteiger partial charge is 0.416 e. The fraction of sp³-hybridized carbons (Fsp3) is 0.0800. The van der Waals surface area contributed by atoms with Crippen molar-refractivity contribution in [2.24, 2.45) is 5.73 Å². The lowest BCUT2D eigenvalue weighted by atomic mass is 9.85. The van der Waals surface area contributed by atoms with Gasteiger partial charge in [0, 0.05) is 27.8 Å². The Bertz CT molecular complexity index is 1720. The van der Waals surface area contributed by atoms with Crippen molar-refractivity contribution in [2.45, 2.75) is 12.2 Å². The average molecular weight is 534 g/mol. The second-order valence-corrected chi connectivity index (χ2v) is 8.72. The average Bonchev–Trinajstić information content (AvgIpc) is 3.16. The summed E-state index contributed by atoms with van der Waals surface area (Å²) in [4.78, 5) is 39.9. The molecule has 1 aliphatic rings. The third-order valence-electron chi connectivity index (χ3n) is 6.07. The van der Waals surface area contributed by atoms with Gasteiger partial charge >= 0.3 is 6.18 Å². The van der Waals surface area contributed by atoms with E-state index in [9.17, 15) is 31.9 Å². The van der Waals surface area contributed by atoms with E-state index in [1.165, 1.54) is 18.2 Å². The topological polar surface area (TPSA) is 105 Å². The molecule has 188 valence electrons. The summed E-state index contributed by atoms with van der Waals surface area (Å²) in [7, 11) is 0. The number of hydrogen-bond donors (Lipinski definition) is 3. The maximum Gasteiger partial charge on any atom is 0.416 e. The number of aromatic amines is 1. The number of carbonyl (C=O) groups excluding carboxylic acids is 2. The van der Waals surface area contributed by atoms with Crippen LogP contribution in [-0.2, 0) is 6.18 Å². The molecule has 4 N–H and O–H groups in total. The van der Waals surface area contributed by atoms with E-state index in [1.807, 2.05) is 0 Å². The van der Waals surface area contributed by atoms with E-state index < -0.39 is 57.9 Å². The van der Waals surface area contributed by atoms with Crippen LogP contribution >= 0.6 is 11.6 Å². The summed E-state index contributed by atoms with van der Waals surface area (Å²) >= 11 is 6.27. The molecule has 6 nitrogen and oxygen atoms in total. The highest BCUT2D eigenvalue weighted by Crippen LogP contribution is 2.45. The van der Waals surface area contributed by atoms with Crippen LogP contribution in [0.4, 0.5) is 22.0 Å². The Hall–Kier alpha value is -4.25. The lowest BCUT2D eigenvalue weighted by Gasteiger charge is -2.20. The minimum Gasteiger partial charge on any atom is -0.366 e. The highest BCUT2D eigenvalue weighted by atomic mass is 35.5. The van der Waals surface area contributed by atoms with Crippen LogP contribution in [0, 0.1) is 11.6 Å². The Kier molecular flexibility index (Phi) is 5.56. The normalized spacial score (nSPS) is 15.1. The molecule has 0 fully saturated rings. The summed E-state index contributed by atoms with van der Waals surface area (Å²) in [6.07, 6.45) is -4.98. The van der Waals surface area contributed by atoms with Gasteiger partial charge < -0.3 is 16.0 Å². The second-order valence-electron chi connectivity index (χ2n) is 8.31. The summed E-state index contributed by atoms with van der Waals surface area (Å²) in [5.41, 5.74) is 1.71. The van der Waals surface area contributed by atoms with Gasteiger partial charge in [0.15, 0.2) is 0 Å². The van der Waals surface area contributed by atoms with Crippen molar-refractivity contribution in [1.29, 1.82) is 0 Å². The van der Waals surface area contributed by atoms with Gasteiger partial charge in [-0.25, -0.2) is 8.78 Å². The van der Waals surface area contributed by atoms with Gasteiger partial charge in [0.25, 0.3) is 5.91 Å². The molecule has 0 bridgehead atoms. The Morgan fingerprint density at radius 3 is 2.38 bits per heavy atom. The van der Waals surface area contributed by atoms with Crippen LogP contribution in [0.25, 0.3) is 22.0 Å². The number of carbonyl (C=O) groups is 2. The molecule has 0 radical (unpaired) electrons. The van der Waals surface area contributed by atoms with E-state index in [-0.39, 0.29) is 44.2 Å². The van der Waals surface area contributed by atoms with Gasteiger partial charge in [0.1, 0.15) is 11.6 Å². The first-order chi connectivity index (χ1) is 17.4. The lowest BCUT2D eigenvalue weighted by Crippen LogP contribution is -2.21. The van der Waals surface area contributed by atoms with Crippen molar-refractivity contribution >= 4 is 34.3 Å². The van der Waals surface area contributed by atoms with Crippen molar-refractivity contribution in [2.75, 3.05) is 0 Å². The van der Waals surface area contributed by atoms with Crippen molar-refractivity contribution in [3.8, 4) is 11.1 Å². The summed E-state index contributed by atoms with van der Waals surface area (Å²) in [6, 6.07) is 6.49. The fourth-order valence-corrected chi connectivity index (χ4v) is 4.77. The number of rotatable bonds is 3. The number of nitrogens with one attached hydrogen (secondary N) is 2. The number of benzene rings is 3. The zero-order valence-electron chi connectivity index (χ0n) is 18.3. The van der Waals surface area contributed by atoms with E-state index in [4.69, 9.17) is 17.3 Å². The van der Waals surface area contributed by atoms with Crippen LogP contribution in [0.1, 0.15) is 43.4 Å². The predicted molar refractivity (Wildman–Crippen MR) is 124 cm³/mol. The Labute approximate surface area is 208 Å². The van der Waals surface area contributed by atoms with Gasteiger partial charge in [-0.1, -0.05) is 11.6 Å². The number of amides is 2. The minimum atomic E-state index is -4.98. The summed E-state index contributed by atoms with van der Waals surface area (Å²) < 4.78 is 69.7. The van der Waals surface area contributed by atoms with Crippen LogP contribution in [0.3, 0.4) is 0 Å². The monoisotopic (exact) mass is 533 g/mol. The number of pyridine rings is 1. The summed E-state index contributed by atoms with van der Waals surface area (Å²) in [6.45, 7) is 0.